The van der Waals surface area contributed by atoms with Gasteiger partial charge in [0.05, 0.1) is 5.69 Å². The van der Waals surface area contributed by atoms with E-state index in [0.29, 0.717) is 18.7 Å². The molecule has 0 bridgehead atoms. The predicted octanol–water partition coefficient (Wildman–Crippen LogP) is 2.02. The Morgan fingerprint density at radius 1 is 1.32 bits per heavy atom. The van der Waals surface area contributed by atoms with Crippen LogP contribution in [0.1, 0.15) is 23.7 Å². The first-order valence-corrected chi connectivity index (χ1v) is 6.04. The van der Waals surface area contributed by atoms with E-state index in [-0.39, 0.29) is 5.56 Å². The van der Waals surface area contributed by atoms with Gasteiger partial charge in [0, 0.05) is 12.1 Å². The lowest BCUT2D eigenvalue weighted by Gasteiger charge is -2.08. The third-order valence-corrected chi connectivity index (χ3v) is 2.71. The molecule has 0 atom stereocenters. The second kappa shape index (κ2) is 5.48. The average Bonchev–Trinajstić information content (AvgIpc) is 2.42. The molecule has 0 amide bonds. The zero-order valence-corrected chi connectivity index (χ0v) is 10.5. The van der Waals surface area contributed by atoms with E-state index in [1.165, 1.54) is 10.7 Å². The molecule has 0 aliphatic carbocycles. The van der Waals surface area contributed by atoms with Crippen LogP contribution in [0.2, 0.25) is 0 Å². The molecule has 0 saturated heterocycles. The molecule has 2 aromatic rings. The van der Waals surface area contributed by atoms with Crippen molar-refractivity contribution < 1.29 is 9.90 Å². The second-order valence-electron chi connectivity index (χ2n) is 4.14. The monoisotopic (exact) mass is 258 g/mol. The summed E-state index contributed by atoms with van der Waals surface area (Å²) in [5.41, 5.74) is 0.470. The summed E-state index contributed by atoms with van der Waals surface area (Å²) in [7, 11) is 0. The molecule has 0 fully saturated rings. The number of rotatable bonds is 4. The van der Waals surface area contributed by atoms with Crippen LogP contribution >= 0.6 is 0 Å². The minimum absolute atomic E-state index is 0.248. The third-order valence-electron chi connectivity index (χ3n) is 2.71. The number of carbonyl (C=O) groups is 1. The Balaban J connectivity index is 2.63. The molecule has 19 heavy (non-hydrogen) atoms. The van der Waals surface area contributed by atoms with Gasteiger partial charge in [0.2, 0.25) is 0 Å². The smallest absolute Gasteiger partial charge is 0.341 e. The summed E-state index contributed by atoms with van der Waals surface area (Å²) in [6.07, 6.45) is 0.713. The fourth-order valence-corrected chi connectivity index (χ4v) is 1.81. The van der Waals surface area contributed by atoms with Crippen LogP contribution in [0.3, 0.4) is 0 Å². The summed E-state index contributed by atoms with van der Waals surface area (Å²) in [5, 5.41) is 13.3. The molecule has 2 rings (SSSR count). The fourth-order valence-electron chi connectivity index (χ4n) is 1.81. The largest absolute Gasteiger partial charge is 0.477 e. The summed E-state index contributed by atoms with van der Waals surface area (Å²) in [5.74, 6) is -1.23. The van der Waals surface area contributed by atoms with Crippen molar-refractivity contribution in [2.45, 2.75) is 19.9 Å². The summed E-state index contributed by atoms with van der Waals surface area (Å²) in [4.78, 5) is 23.0. The van der Waals surface area contributed by atoms with Crippen molar-refractivity contribution in [3.8, 4) is 11.3 Å². The van der Waals surface area contributed by atoms with Gasteiger partial charge in [-0.15, -0.1) is 0 Å². The van der Waals surface area contributed by atoms with Crippen LogP contribution in [0.5, 0.6) is 0 Å². The highest BCUT2D eigenvalue weighted by atomic mass is 16.4. The van der Waals surface area contributed by atoms with E-state index in [0.717, 1.165) is 5.56 Å². The Hall–Kier alpha value is -2.43. The molecule has 0 aliphatic heterocycles. The quantitative estimate of drug-likeness (QED) is 0.910. The molecular weight excluding hydrogens is 244 g/mol. The molecule has 98 valence electrons. The van der Waals surface area contributed by atoms with Crippen molar-refractivity contribution in [2.24, 2.45) is 0 Å². The lowest BCUT2D eigenvalue weighted by Crippen LogP contribution is -2.28. The SMILES string of the molecule is CCCn1nc(-c2ccccc2)cc(C(=O)O)c1=O. The van der Waals surface area contributed by atoms with Crippen molar-refractivity contribution in [3.63, 3.8) is 0 Å². The summed E-state index contributed by atoms with van der Waals surface area (Å²) in [6.45, 7) is 2.31. The number of carboxylic acid groups (broad SMARTS) is 1. The van der Waals surface area contributed by atoms with Crippen molar-refractivity contribution in [1.29, 1.82) is 0 Å². The van der Waals surface area contributed by atoms with E-state index >= 15 is 0 Å². The van der Waals surface area contributed by atoms with Gasteiger partial charge in [-0.3, -0.25) is 4.79 Å². The van der Waals surface area contributed by atoms with Gasteiger partial charge in [-0.25, -0.2) is 9.48 Å². The van der Waals surface area contributed by atoms with E-state index in [2.05, 4.69) is 5.10 Å². The van der Waals surface area contributed by atoms with E-state index in [9.17, 15) is 9.59 Å². The van der Waals surface area contributed by atoms with Crippen molar-refractivity contribution in [3.05, 3.63) is 52.3 Å². The van der Waals surface area contributed by atoms with Gasteiger partial charge in [-0.05, 0) is 12.5 Å². The standard InChI is InChI=1S/C14H14N2O3/c1-2-8-16-13(17)11(14(18)19)9-12(15-16)10-6-4-3-5-7-10/h3-7,9H,2,8H2,1H3,(H,18,19). The fraction of sp³-hybridized carbons (Fsp3) is 0.214. The molecular formula is C14H14N2O3. The Bertz CT molecular complexity index is 647. The van der Waals surface area contributed by atoms with E-state index in [1.807, 2.05) is 37.3 Å². The zero-order valence-electron chi connectivity index (χ0n) is 10.5. The third kappa shape index (κ3) is 2.70. The number of benzene rings is 1. The Labute approximate surface area is 110 Å². The summed E-state index contributed by atoms with van der Waals surface area (Å²) in [6, 6.07) is 10.5. The number of aromatic carboxylic acids is 1. The lowest BCUT2D eigenvalue weighted by molar-refractivity contribution is 0.0693. The number of hydrogen-bond donors (Lipinski definition) is 1. The Morgan fingerprint density at radius 2 is 2.00 bits per heavy atom. The first-order chi connectivity index (χ1) is 9.13. The van der Waals surface area contributed by atoms with Crippen LogP contribution in [-0.2, 0) is 6.54 Å². The van der Waals surface area contributed by atoms with Crippen LogP contribution in [0.25, 0.3) is 11.3 Å². The highest BCUT2D eigenvalue weighted by molar-refractivity contribution is 5.88. The molecule has 0 saturated carbocycles. The maximum Gasteiger partial charge on any atom is 0.341 e. The van der Waals surface area contributed by atoms with Gasteiger partial charge >= 0.3 is 5.97 Å². The molecule has 5 heteroatoms. The molecule has 1 N–H and O–H groups in total. The van der Waals surface area contributed by atoms with E-state index in [4.69, 9.17) is 5.11 Å². The predicted molar refractivity (Wildman–Crippen MR) is 71.2 cm³/mol. The minimum Gasteiger partial charge on any atom is -0.477 e. The molecule has 0 radical (unpaired) electrons. The van der Waals surface area contributed by atoms with Gasteiger partial charge in [-0.1, -0.05) is 37.3 Å². The zero-order chi connectivity index (χ0) is 13.8. The molecule has 0 unspecified atom stereocenters. The van der Waals surface area contributed by atoms with Gasteiger partial charge in [0.1, 0.15) is 5.56 Å². The summed E-state index contributed by atoms with van der Waals surface area (Å²) >= 11 is 0. The van der Waals surface area contributed by atoms with Gasteiger partial charge < -0.3 is 5.11 Å². The van der Waals surface area contributed by atoms with Crippen molar-refractivity contribution in [2.75, 3.05) is 0 Å². The topological polar surface area (TPSA) is 72.2 Å². The van der Waals surface area contributed by atoms with Gasteiger partial charge in [0.15, 0.2) is 0 Å². The van der Waals surface area contributed by atoms with Crippen LogP contribution in [0.4, 0.5) is 0 Å². The highest BCUT2D eigenvalue weighted by Gasteiger charge is 2.14. The van der Waals surface area contributed by atoms with Crippen LogP contribution in [0.15, 0.2) is 41.2 Å². The molecule has 1 aromatic carbocycles. The number of aromatic nitrogens is 2. The molecule has 5 nitrogen and oxygen atoms in total. The highest BCUT2D eigenvalue weighted by Crippen LogP contribution is 2.15. The Morgan fingerprint density at radius 3 is 2.58 bits per heavy atom. The maximum absolute atomic E-state index is 11.9. The van der Waals surface area contributed by atoms with Crippen LogP contribution in [-0.4, -0.2) is 20.9 Å². The molecule has 0 spiro atoms. The number of hydrogen-bond acceptors (Lipinski definition) is 3. The first-order valence-electron chi connectivity index (χ1n) is 6.04. The average molecular weight is 258 g/mol. The summed E-state index contributed by atoms with van der Waals surface area (Å²) < 4.78 is 1.21. The van der Waals surface area contributed by atoms with Crippen molar-refractivity contribution >= 4 is 5.97 Å². The molecule has 1 aromatic heterocycles. The van der Waals surface area contributed by atoms with Crippen molar-refractivity contribution in [1.82, 2.24) is 9.78 Å². The normalized spacial score (nSPS) is 10.4. The molecule has 0 aliphatic rings. The van der Waals surface area contributed by atoms with E-state index in [1.54, 1.807) is 0 Å². The minimum atomic E-state index is -1.23. The van der Waals surface area contributed by atoms with Gasteiger partial charge in [0.25, 0.3) is 5.56 Å². The number of nitrogens with zero attached hydrogens (tertiary/aromatic N) is 2. The number of carboxylic acids is 1. The van der Waals surface area contributed by atoms with E-state index < -0.39 is 11.5 Å². The lowest BCUT2D eigenvalue weighted by atomic mass is 10.1. The van der Waals surface area contributed by atoms with Gasteiger partial charge in [-0.2, -0.15) is 5.10 Å². The first kappa shape index (κ1) is 13.0. The molecule has 1 heterocycles. The van der Waals surface area contributed by atoms with Crippen LogP contribution < -0.4 is 5.56 Å². The van der Waals surface area contributed by atoms with Crippen LogP contribution in [0, 0.1) is 0 Å². The second-order valence-corrected chi connectivity index (χ2v) is 4.14. The Kier molecular flexibility index (Phi) is 3.75. The number of aryl methyl sites for hydroxylation is 1. The maximum atomic E-state index is 11.9.